The molecule has 2 aliphatic heterocycles. The van der Waals surface area contributed by atoms with Crippen LogP contribution in [0, 0.1) is 11.8 Å². The van der Waals surface area contributed by atoms with Crippen LogP contribution in [0.4, 0.5) is 18.4 Å². The summed E-state index contributed by atoms with van der Waals surface area (Å²) in [6, 6.07) is 9.11. The summed E-state index contributed by atoms with van der Waals surface area (Å²) in [5.41, 5.74) is 7.40. The standard InChI is InChI=1S/C40H46F2N8O6/c1-19(2)33(47-39(53)55-5)37(51)49-17-23(41)13-31(49)35-43-15-29(45-35)21-7-9-25-27(11-21)26-10-8-22(12-28(25)26)30-16-44-36(46-30)32-14-24(42)18-50(32)38(52)34(20(3)4)48-40(54)56-6/h7-12,15-16,19-20,23-24,31-34H,13-14,17-18H2,1-6H3,(H,43,45)(H,44,46)(H,47,53)(H,48,54)/t23-,24-,31+,32+,33+,34+/m1/s1. The molecule has 6 atom stereocenters. The van der Waals surface area contributed by atoms with Crippen molar-refractivity contribution < 1.29 is 37.4 Å². The number of halogens is 2. The van der Waals surface area contributed by atoms with Crippen molar-refractivity contribution in [1.82, 2.24) is 40.4 Å². The molecular formula is C40H46F2N8O6. The molecule has 2 aromatic carbocycles. The lowest BCUT2D eigenvalue weighted by molar-refractivity contribution is -0.136. The van der Waals surface area contributed by atoms with E-state index in [1.54, 1.807) is 40.1 Å². The van der Waals surface area contributed by atoms with E-state index in [4.69, 9.17) is 9.47 Å². The Bertz CT molecular complexity index is 1990. The first-order valence-electron chi connectivity index (χ1n) is 18.7. The molecule has 7 rings (SSSR count). The van der Waals surface area contributed by atoms with Crippen LogP contribution in [0.3, 0.4) is 0 Å². The van der Waals surface area contributed by atoms with Gasteiger partial charge in [0.15, 0.2) is 0 Å². The van der Waals surface area contributed by atoms with E-state index < -0.39 is 60.5 Å². The summed E-state index contributed by atoms with van der Waals surface area (Å²) in [6.07, 6.45) is -0.412. The maximum absolute atomic E-state index is 14.8. The van der Waals surface area contributed by atoms with Gasteiger partial charge in [-0.1, -0.05) is 52.0 Å². The maximum Gasteiger partial charge on any atom is 0.407 e. The van der Waals surface area contributed by atoms with Gasteiger partial charge in [0.25, 0.3) is 0 Å². The molecule has 4 amide bonds. The third-order valence-corrected chi connectivity index (χ3v) is 10.9. The Hall–Kier alpha value is -5.80. The number of nitrogens with one attached hydrogen (secondary N) is 4. The summed E-state index contributed by atoms with van der Waals surface area (Å²) in [5.74, 6) is -0.370. The molecule has 14 nitrogen and oxygen atoms in total. The van der Waals surface area contributed by atoms with Crippen LogP contribution in [0.1, 0.15) is 64.3 Å². The van der Waals surface area contributed by atoms with Gasteiger partial charge >= 0.3 is 12.2 Å². The van der Waals surface area contributed by atoms with E-state index in [1.807, 2.05) is 24.3 Å². The molecule has 2 fully saturated rings. The zero-order valence-corrected chi connectivity index (χ0v) is 32.1. The van der Waals surface area contributed by atoms with Gasteiger partial charge < -0.3 is 39.9 Å². The number of aromatic nitrogens is 4. The number of ether oxygens (including phenoxy) is 2. The topological polar surface area (TPSA) is 175 Å². The van der Waals surface area contributed by atoms with E-state index in [0.29, 0.717) is 11.6 Å². The Morgan fingerprint density at radius 3 is 1.43 bits per heavy atom. The number of nitrogens with zero attached hydrogens (tertiary/aromatic N) is 4. The Morgan fingerprint density at radius 2 is 1.07 bits per heavy atom. The average molecular weight is 773 g/mol. The fourth-order valence-corrected chi connectivity index (χ4v) is 7.91. The fraction of sp³-hybridized carbons (Fsp3) is 0.450. The van der Waals surface area contributed by atoms with Crippen LogP contribution in [0.5, 0.6) is 0 Å². The number of H-pyrrole nitrogens is 2. The highest BCUT2D eigenvalue weighted by molar-refractivity contribution is 6.04. The van der Waals surface area contributed by atoms with E-state index in [2.05, 4.69) is 42.7 Å². The van der Waals surface area contributed by atoms with Crippen LogP contribution in [-0.2, 0) is 19.1 Å². The van der Waals surface area contributed by atoms with Crippen LogP contribution in [-0.4, -0.2) is 105 Å². The first-order valence-corrected chi connectivity index (χ1v) is 18.7. The molecule has 0 saturated carbocycles. The zero-order valence-electron chi connectivity index (χ0n) is 32.1. The monoisotopic (exact) mass is 772 g/mol. The van der Waals surface area contributed by atoms with E-state index in [-0.39, 0.29) is 37.8 Å². The number of hydrogen-bond donors (Lipinski definition) is 4. The number of carbonyl (C=O) groups is 4. The van der Waals surface area contributed by atoms with Gasteiger partial charge in [0.05, 0.1) is 63.2 Å². The number of likely N-dealkylation sites (tertiary alicyclic amines) is 2. The van der Waals surface area contributed by atoms with E-state index in [0.717, 1.165) is 44.8 Å². The number of carbonyl (C=O) groups excluding carboxylic acids is 4. The van der Waals surface area contributed by atoms with Crippen molar-refractivity contribution in [3.8, 4) is 44.8 Å². The number of benzene rings is 2. The molecule has 0 bridgehead atoms. The van der Waals surface area contributed by atoms with Gasteiger partial charge in [-0.05, 0) is 46.2 Å². The quantitative estimate of drug-likeness (QED) is 0.132. The van der Waals surface area contributed by atoms with E-state index >= 15 is 0 Å². The molecule has 56 heavy (non-hydrogen) atoms. The Morgan fingerprint density at radius 1 is 0.679 bits per heavy atom. The number of imidazole rings is 2. The predicted molar refractivity (Wildman–Crippen MR) is 202 cm³/mol. The number of rotatable bonds is 10. The summed E-state index contributed by atoms with van der Waals surface area (Å²) in [5, 5.41) is 5.16. The molecule has 0 radical (unpaired) electrons. The molecule has 3 aliphatic rings. The fourth-order valence-electron chi connectivity index (χ4n) is 7.91. The first-order chi connectivity index (χ1) is 26.8. The highest BCUT2D eigenvalue weighted by Crippen LogP contribution is 2.50. The second-order valence-corrected chi connectivity index (χ2v) is 15.3. The van der Waals surface area contributed by atoms with Crippen LogP contribution in [0.2, 0.25) is 0 Å². The Labute approximate surface area is 322 Å². The zero-order chi connectivity index (χ0) is 40.0. The number of aromatic amines is 2. The summed E-state index contributed by atoms with van der Waals surface area (Å²) in [4.78, 5) is 69.6. The number of fused-ring (bicyclic) bond motifs is 4. The molecule has 4 aromatic rings. The molecule has 4 N–H and O–H groups in total. The van der Waals surface area contributed by atoms with Gasteiger partial charge in [-0.2, -0.15) is 0 Å². The van der Waals surface area contributed by atoms with E-state index in [1.165, 1.54) is 24.0 Å². The molecule has 296 valence electrons. The Kier molecular flexibility index (Phi) is 10.6. The van der Waals surface area contributed by atoms with Crippen molar-refractivity contribution in [2.24, 2.45) is 11.8 Å². The third-order valence-electron chi connectivity index (χ3n) is 10.9. The van der Waals surface area contributed by atoms with Gasteiger partial charge in [-0.25, -0.2) is 28.3 Å². The molecule has 1 aliphatic carbocycles. The predicted octanol–water partition coefficient (Wildman–Crippen LogP) is 6.10. The van der Waals surface area contributed by atoms with Gasteiger partial charge in [0.2, 0.25) is 11.8 Å². The number of hydrogen-bond acceptors (Lipinski definition) is 8. The smallest absolute Gasteiger partial charge is 0.407 e. The molecular weight excluding hydrogens is 726 g/mol. The van der Waals surface area contributed by atoms with Crippen LogP contribution in [0.15, 0.2) is 48.8 Å². The minimum Gasteiger partial charge on any atom is -0.453 e. The van der Waals surface area contributed by atoms with E-state index in [9.17, 15) is 28.0 Å². The average Bonchev–Trinajstić information content (AvgIpc) is 4.00. The van der Waals surface area contributed by atoms with Crippen molar-refractivity contribution >= 4 is 24.0 Å². The lowest BCUT2D eigenvalue weighted by Crippen LogP contribution is -2.51. The molecule has 2 aromatic heterocycles. The third kappa shape index (κ3) is 7.19. The summed E-state index contributed by atoms with van der Waals surface area (Å²) in [6.45, 7) is 7.00. The minimum absolute atomic E-state index is 0.0833. The SMILES string of the molecule is COC(=O)N[C@H](C(=O)N1C[C@H](F)C[C@H]1c1ncc(-c2ccc3c(c2)-c2ccc(-c4cnc([C@@H]5C[C@@H](F)CN5C(=O)[C@@H](NC(=O)OC)C(C)C)[nH]4)cc2-3)[nH]1)C(C)C. The van der Waals surface area contributed by atoms with Gasteiger partial charge in [-0.3, -0.25) is 9.59 Å². The lowest BCUT2D eigenvalue weighted by Gasteiger charge is -2.29. The Balaban J connectivity index is 1.06. The number of alkyl halides is 2. The van der Waals surface area contributed by atoms with Gasteiger partial charge in [0.1, 0.15) is 36.1 Å². The molecule has 4 heterocycles. The van der Waals surface area contributed by atoms with Crippen molar-refractivity contribution in [1.29, 1.82) is 0 Å². The molecule has 16 heteroatoms. The van der Waals surface area contributed by atoms with Crippen molar-refractivity contribution in [2.45, 2.75) is 77.0 Å². The largest absolute Gasteiger partial charge is 0.453 e. The number of methoxy groups -OCH3 is 2. The minimum atomic E-state index is -1.24. The number of alkyl carbamates (subject to hydrolysis) is 2. The number of amides is 4. The maximum atomic E-state index is 14.8. The van der Waals surface area contributed by atoms with Gasteiger partial charge in [-0.15, -0.1) is 0 Å². The van der Waals surface area contributed by atoms with Crippen LogP contribution >= 0.6 is 0 Å². The molecule has 0 unspecified atom stereocenters. The highest BCUT2D eigenvalue weighted by Gasteiger charge is 2.43. The summed E-state index contributed by atoms with van der Waals surface area (Å²) < 4.78 is 39.0. The highest BCUT2D eigenvalue weighted by atomic mass is 19.1. The van der Waals surface area contributed by atoms with Crippen molar-refractivity contribution in [3.05, 3.63) is 60.4 Å². The van der Waals surface area contributed by atoms with Crippen LogP contribution < -0.4 is 10.6 Å². The van der Waals surface area contributed by atoms with Crippen molar-refractivity contribution in [2.75, 3.05) is 27.3 Å². The molecule has 0 spiro atoms. The second kappa shape index (κ2) is 15.4. The second-order valence-electron chi connectivity index (χ2n) is 15.3. The van der Waals surface area contributed by atoms with Crippen molar-refractivity contribution in [3.63, 3.8) is 0 Å². The van der Waals surface area contributed by atoms with Gasteiger partial charge in [0, 0.05) is 24.0 Å². The lowest BCUT2D eigenvalue weighted by atomic mass is 9.78. The summed E-state index contributed by atoms with van der Waals surface area (Å²) in [7, 11) is 2.45. The normalized spacial score (nSPS) is 21.0. The summed E-state index contributed by atoms with van der Waals surface area (Å²) >= 11 is 0. The first kappa shape index (κ1) is 38.5. The molecule has 2 saturated heterocycles. The van der Waals surface area contributed by atoms with Crippen LogP contribution in [0.25, 0.3) is 44.8 Å².